The van der Waals surface area contributed by atoms with Gasteiger partial charge < -0.3 is 5.01 Å². The van der Waals surface area contributed by atoms with E-state index in [0.717, 1.165) is 0 Å². The summed E-state index contributed by atoms with van der Waals surface area (Å²) in [5, 5.41) is 7.36. The molecule has 0 atom stereocenters. The lowest BCUT2D eigenvalue weighted by atomic mass is 11.0. The molecule has 0 saturated heterocycles. The van der Waals surface area contributed by atoms with Gasteiger partial charge in [-0.15, -0.1) is 5.10 Å². The second-order valence-electron chi connectivity index (χ2n) is 1.96. The van der Waals surface area contributed by atoms with Crippen molar-refractivity contribution < 1.29 is 0 Å². The normalized spacial score (nSPS) is 9.90. The van der Waals surface area contributed by atoms with Gasteiger partial charge in [0.2, 0.25) is 5.28 Å². The molecular weight excluding hydrogens is 156 g/mol. The molecular formula is C4H7ClN4O. The highest BCUT2D eigenvalue weighted by atomic mass is 35.5. The molecule has 1 aromatic heterocycles. The van der Waals surface area contributed by atoms with Gasteiger partial charge in [-0.25, -0.2) is 9.89 Å². The Labute approximate surface area is 62.2 Å². The molecule has 5 nitrogen and oxygen atoms in total. The smallest absolute Gasteiger partial charge is 0.312 e. The van der Waals surface area contributed by atoms with Crippen molar-refractivity contribution in [1.82, 2.24) is 14.9 Å². The SMILES string of the molecule is CN(C)n1c(Cl)n[nH]c1=O. The van der Waals surface area contributed by atoms with Crippen LogP contribution in [0.5, 0.6) is 0 Å². The Kier molecular flexibility index (Phi) is 1.67. The van der Waals surface area contributed by atoms with Crippen molar-refractivity contribution in [1.29, 1.82) is 0 Å². The predicted octanol–water partition coefficient (Wildman–Crippen LogP) is -0.578. The van der Waals surface area contributed by atoms with Crippen molar-refractivity contribution in [3.8, 4) is 0 Å². The first-order chi connectivity index (χ1) is 4.63. The molecule has 0 aliphatic carbocycles. The molecule has 0 bridgehead atoms. The van der Waals surface area contributed by atoms with Crippen LogP contribution in [0.4, 0.5) is 0 Å². The van der Waals surface area contributed by atoms with Crippen molar-refractivity contribution >= 4 is 11.6 Å². The standard InChI is InChI=1S/C4H7ClN4O/c1-8(2)9-3(5)6-7-4(9)10/h1-2H3,(H,7,10). The molecule has 1 aromatic rings. The van der Waals surface area contributed by atoms with E-state index < -0.39 is 0 Å². The van der Waals surface area contributed by atoms with E-state index in [9.17, 15) is 4.79 Å². The number of H-pyrrole nitrogens is 1. The molecule has 0 radical (unpaired) electrons. The predicted molar refractivity (Wildman–Crippen MR) is 37.9 cm³/mol. The second kappa shape index (κ2) is 2.34. The van der Waals surface area contributed by atoms with Crippen LogP contribution in [0.15, 0.2) is 4.79 Å². The van der Waals surface area contributed by atoms with Gasteiger partial charge in [0.15, 0.2) is 0 Å². The van der Waals surface area contributed by atoms with Crippen LogP contribution in [0.25, 0.3) is 0 Å². The van der Waals surface area contributed by atoms with Crippen LogP contribution < -0.4 is 10.7 Å². The molecule has 0 aliphatic heterocycles. The van der Waals surface area contributed by atoms with Gasteiger partial charge in [-0.3, -0.25) is 0 Å². The van der Waals surface area contributed by atoms with Crippen molar-refractivity contribution in [3.05, 3.63) is 15.8 Å². The first kappa shape index (κ1) is 7.14. The summed E-state index contributed by atoms with van der Waals surface area (Å²) in [7, 11) is 3.39. The molecule has 1 rings (SSSR count). The zero-order valence-electron chi connectivity index (χ0n) is 5.63. The van der Waals surface area contributed by atoms with Gasteiger partial charge >= 0.3 is 5.69 Å². The first-order valence-corrected chi connectivity index (χ1v) is 3.01. The second-order valence-corrected chi connectivity index (χ2v) is 2.29. The molecule has 1 N–H and O–H groups in total. The van der Waals surface area contributed by atoms with Crippen LogP contribution in [0, 0.1) is 0 Å². The number of hydrogen-bond acceptors (Lipinski definition) is 3. The average Bonchev–Trinajstić information content (AvgIpc) is 2.11. The fourth-order valence-electron chi connectivity index (χ4n) is 0.619. The molecule has 1 heterocycles. The van der Waals surface area contributed by atoms with Crippen LogP contribution in [0.1, 0.15) is 0 Å². The monoisotopic (exact) mass is 162 g/mol. The lowest BCUT2D eigenvalue weighted by Gasteiger charge is -2.10. The molecule has 56 valence electrons. The first-order valence-electron chi connectivity index (χ1n) is 2.63. The molecule has 0 aliphatic rings. The van der Waals surface area contributed by atoms with Gasteiger partial charge in [0.25, 0.3) is 0 Å². The summed E-state index contributed by atoms with van der Waals surface area (Å²) >= 11 is 5.52. The molecule has 0 unspecified atom stereocenters. The van der Waals surface area contributed by atoms with E-state index >= 15 is 0 Å². The number of hydrogen-bond donors (Lipinski definition) is 1. The summed E-state index contributed by atoms with van der Waals surface area (Å²) in [6.45, 7) is 0. The maximum Gasteiger partial charge on any atom is 0.363 e. The van der Waals surface area contributed by atoms with Crippen molar-refractivity contribution in [2.75, 3.05) is 19.1 Å². The zero-order valence-corrected chi connectivity index (χ0v) is 6.38. The van der Waals surface area contributed by atoms with Crippen LogP contribution in [-0.2, 0) is 0 Å². The van der Waals surface area contributed by atoms with Gasteiger partial charge in [0.1, 0.15) is 0 Å². The summed E-state index contributed by atoms with van der Waals surface area (Å²) in [5.41, 5.74) is -0.338. The Balaban J connectivity index is 3.23. The lowest BCUT2D eigenvalue weighted by Crippen LogP contribution is -2.34. The maximum absolute atomic E-state index is 10.8. The molecule has 0 saturated carbocycles. The fraction of sp³-hybridized carbons (Fsp3) is 0.500. The van der Waals surface area contributed by atoms with Crippen molar-refractivity contribution in [2.24, 2.45) is 0 Å². The highest BCUT2D eigenvalue weighted by Crippen LogP contribution is 1.96. The third-order valence-corrected chi connectivity index (χ3v) is 1.26. The Hall–Kier alpha value is -0.970. The van der Waals surface area contributed by atoms with E-state index in [1.54, 1.807) is 14.1 Å². The largest absolute Gasteiger partial charge is 0.363 e. The summed E-state index contributed by atoms with van der Waals surface area (Å²) < 4.78 is 1.21. The number of halogens is 1. The summed E-state index contributed by atoms with van der Waals surface area (Å²) in [5.74, 6) is 0. The quantitative estimate of drug-likeness (QED) is 0.602. The molecule has 10 heavy (non-hydrogen) atoms. The number of nitrogens with one attached hydrogen (secondary N) is 1. The Morgan fingerprint density at radius 3 is 2.50 bits per heavy atom. The van der Waals surface area contributed by atoms with E-state index in [-0.39, 0.29) is 11.0 Å². The van der Waals surface area contributed by atoms with Crippen LogP contribution >= 0.6 is 11.6 Å². The molecule has 0 aromatic carbocycles. The summed E-state index contributed by atoms with van der Waals surface area (Å²) in [6, 6.07) is 0. The minimum atomic E-state index is -0.338. The van der Waals surface area contributed by atoms with Gasteiger partial charge in [-0.2, -0.15) is 4.68 Å². The number of nitrogens with zero attached hydrogens (tertiary/aromatic N) is 3. The van der Waals surface area contributed by atoms with E-state index in [4.69, 9.17) is 11.6 Å². The summed E-state index contributed by atoms with van der Waals surface area (Å²) in [4.78, 5) is 10.8. The Morgan fingerprint density at radius 2 is 2.30 bits per heavy atom. The highest BCUT2D eigenvalue weighted by Gasteiger charge is 2.04. The van der Waals surface area contributed by atoms with Crippen LogP contribution in [-0.4, -0.2) is 29.0 Å². The molecule has 6 heteroatoms. The van der Waals surface area contributed by atoms with Crippen molar-refractivity contribution in [3.63, 3.8) is 0 Å². The topological polar surface area (TPSA) is 53.9 Å². The highest BCUT2D eigenvalue weighted by molar-refractivity contribution is 6.28. The zero-order chi connectivity index (χ0) is 7.72. The molecule has 0 spiro atoms. The maximum atomic E-state index is 10.8. The van der Waals surface area contributed by atoms with Gasteiger partial charge in [0.05, 0.1) is 0 Å². The van der Waals surface area contributed by atoms with Crippen LogP contribution in [0.2, 0.25) is 5.28 Å². The van der Waals surface area contributed by atoms with Crippen molar-refractivity contribution in [2.45, 2.75) is 0 Å². The molecule has 0 fully saturated rings. The number of aromatic amines is 1. The average molecular weight is 163 g/mol. The Morgan fingerprint density at radius 1 is 1.70 bits per heavy atom. The van der Waals surface area contributed by atoms with Gasteiger partial charge in [-0.05, 0) is 11.6 Å². The minimum absolute atomic E-state index is 0.134. The van der Waals surface area contributed by atoms with Gasteiger partial charge in [0, 0.05) is 14.1 Å². The Bertz CT molecular complexity index is 275. The lowest BCUT2D eigenvalue weighted by molar-refractivity contribution is 0.702. The van der Waals surface area contributed by atoms with Crippen LogP contribution in [0.3, 0.4) is 0 Å². The number of aromatic nitrogens is 3. The summed E-state index contributed by atoms with van der Waals surface area (Å²) in [6.07, 6.45) is 0. The fourth-order valence-corrected chi connectivity index (χ4v) is 0.889. The van der Waals surface area contributed by atoms with Gasteiger partial charge in [-0.1, -0.05) is 0 Å². The van der Waals surface area contributed by atoms with E-state index in [1.807, 2.05) is 0 Å². The molecule has 0 amide bonds. The van der Waals surface area contributed by atoms with E-state index in [1.165, 1.54) is 9.69 Å². The third kappa shape index (κ3) is 0.995. The third-order valence-electron chi connectivity index (χ3n) is 1.01. The van der Waals surface area contributed by atoms with E-state index in [2.05, 4.69) is 10.2 Å². The van der Waals surface area contributed by atoms with E-state index in [0.29, 0.717) is 0 Å². The minimum Gasteiger partial charge on any atom is -0.312 e. The number of rotatable bonds is 1.